The largest absolute Gasteiger partial charge is 0.369 e. The third kappa shape index (κ3) is 3.74. The van der Waals surface area contributed by atoms with Crippen LogP contribution in [0.3, 0.4) is 0 Å². The maximum Gasteiger partial charge on any atom is 0.0642 e. The average molecular weight is 302 g/mol. The Balaban J connectivity index is 1.78. The number of anilines is 1. The Kier molecular flexibility index (Phi) is 4.42. The Morgan fingerprint density at radius 3 is 2.71 bits per heavy atom. The lowest BCUT2D eigenvalue weighted by atomic mass is 10.1. The van der Waals surface area contributed by atoms with Crippen LogP contribution in [0, 0.1) is 0 Å². The minimum absolute atomic E-state index is 0.697. The van der Waals surface area contributed by atoms with Crippen LogP contribution in [0.5, 0.6) is 0 Å². The number of hydrogen-bond donors (Lipinski definition) is 1. The number of pyridine rings is 1. The fraction of sp³-hybridized carbons (Fsp3) is 0.353. The molecule has 0 bridgehead atoms. The Morgan fingerprint density at radius 2 is 2.00 bits per heavy atom. The summed E-state index contributed by atoms with van der Waals surface area (Å²) >= 11 is 6.44. The van der Waals surface area contributed by atoms with E-state index in [-0.39, 0.29) is 0 Å². The molecule has 1 aromatic heterocycles. The van der Waals surface area contributed by atoms with Gasteiger partial charge in [0.1, 0.15) is 0 Å². The number of nitrogens with zero attached hydrogens (tertiary/aromatic N) is 2. The van der Waals surface area contributed by atoms with Crippen molar-refractivity contribution in [2.24, 2.45) is 0 Å². The van der Waals surface area contributed by atoms with Crippen molar-refractivity contribution in [1.82, 2.24) is 10.3 Å². The molecule has 4 heteroatoms. The van der Waals surface area contributed by atoms with Crippen LogP contribution in [-0.2, 0) is 13.1 Å². The quantitative estimate of drug-likeness (QED) is 0.883. The van der Waals surface area contributed by atoms with Crippen LogP contribution in [0.4, 0.5) is 5.69 Å². The summed E-state index contributed by atoms with van der Waals surface area (Å²) in [6.45, 7) is 1.70. The average Bonchev–Trinajstić information content (AvgIpc) is 3.30. The second kappa shape index (κ2) is 6.46. The predicted octanol–water partition coefficient (Wildman–Crippen LogP) is 3.62. The molecule has 0 spiro atoms. The molecule has 0 saturated heterocycles. The first kappa shape index (κ1) is 14.4. The topological polar surface area (TPSA) is 28.2 Å². The van der Waals surface area contributed by atoms with E-state index >= 15 is 0 Å². The van der Waals surface area contributed by atoms with E-state index in [1.807, 2.05) is 36.7 Å². The molecule has 3 rings (SSSR count). The third-order valence-corrected chi connectivity index (χ3v) is 4.08. The third-order valence-electron chi connectivity index (χ3n) is 3.78. The van der Waals surface area contributed by atoms with Crippen LogP contribution >= 0.6 is 11.6 Å². The van der Waals surface area contributed by atoms with Gasteiger partial charge in [-0.15, -0.1) is 0 Å². The highest BCUT2D eigenvalue weighted by Gasteiger charge is 2.21. The van der Waals surface area contributed by atoms with E-state index in [9.17, 15) is 0 Å². The van der Waals surface area contributed by atoms with Gasteiger partial charge < -0.3 is 10.2 Å². The monoisotopic (exact) mass is 301 g/mol. The van der Waals surface area contributed by atoms with Crippen molar-refractivity contribution in [2.75, 3.05) is 11.9 Å². The van der Waals surface area contributed by atoms with Crippen molar-refractivity contribution in [2.45, 2.75) is 32.0 Å². The summed E-state index contributed by atoms with van der Waals surface area (Å²) in [4.78, 5) is 6.27. The fourth-order valence-electron chi connectivity index (χ4n) is 2.51. The van der Waals surface area contributed by atoms with Crippen LogP contribution in [0.1, 0.15) is 24.0 Å². The SMILES string of the molecule is CN(Cc1ccncc1)c1c(Cl)cccc1CNC1CC1. The summed E-state index contributed by atoms with van der Waals surface area (Å²) in [5.74, 6) is 0. The number of halogens is 1. The molecule has 0 amide bonds. The smallest absolute Gasteiger partial charge is 0.0642 e. The maximum atomic E-state index is 6.44. The van der Waals surface area contributed by atoms with E-state index in [4.69, 9.17) is 11.6 Å². The zero-order chi connectivity index (χ0) is 14.7. The first-order valence-corrected chi connectivity index (χ1v) is 7.72. The second-order valence-electron chi connectivity index (χ2n) is 5.61. The standard InChI is InChI=1S/C17H20ClN3/c1-21(12-13-7-9-19-10-8-13)17-14(3-2-4-16(17)18)11-20-15-5-6-15/h2-4,7-10,15,20H,5-6,11-12H2,1H3. The lowest BCUT2D eigenvalue weighted by Crippen LogP contribution is -2.22. The second-order valence-corrected chi connectivity index (χ2v) is 6.02. The Labute approximate surface area is 131 Å². The minimum Gasteiger partial charge on any atom is -0.369 e. The lowest BCUT2D eigenvalue weighted by Gasteiger charge is -2.24. The molecule has 0 radical (unpaired) electrons. The Morgan fingerprint density at radius 1 is 1.24 bits per heavy atom. The van der Waals surface area contributed by atoms with Gasteiger partial charge in [0.25, 0.3) is 0 Å². The summed E-state index contributed by atoms with van der Waals surface area (Å²) in [6, 6.07) is 10.9. The highest BCUT2D eigenvalue weighted by Crippen LogP contribution is 2.31. The molecule has 0 atom stereocenters. The van der Waals surface area contributed by atoms with Gasteiger partial charge in [-0.2, -0.15) is 0 Å². The molecular formula is C17H20ClN3. The molecule has 0 aliphatic heterocycles. The van der Waals surface area contributed by atoms with Crippen LogP contribution in [0.15, 0.2) is 42.7 Å². The van der Waals surface area contributed by atoms with Crippen molar-refractivity contribution < 1.29 is 0 Å². The molecular weight excluding hydrogens is 282 g/mol. The van der Waals surface area contributed by atoms with Gasteiger partial charge in [-0.05, 0) is 42.2 Å². The van der Waals surface area contributed by atoms with E-state index in [2.05, 4.69) is 28.3 Å². The molecule has 3 nitrogen and oxygen atoms in total. The normalized spacial score (nSPS) is 14.2. The summed E-state index contributed by atoms with van der Waals surface area (Å²) in [5, 5.41) is 4.37. The molecule has 1 heterocycles. The van der Waals surface area contributed by atoms with E-state index < -0.39 is 0 Å². The summed E-state index contributed by atoms with van der Waals surface area (Å²) in [7, 11) is 2.09. The van der Waals surface area contributed by atoms with Gasteiger partial charge >= 0.3 is 0 Å². The maximum absolute atomic E-state index is 6.44. The van der Waals surface area contributed by atoms with Gasteiger partial charge in [0, 0.05) is 38.6 Å². The molecule has 1 fully saturated rings. The number of aromatic nitrogens is 1. The first-order valence-electron chi connectivity index (χ1n) is 7.35. The van der Waals surface area contributed by atoms with Gasteiger partial charge in [0.15, 0.2) is 0 Å². The fourth-order valence-corrected chi connectivity index (χ4v) is 2.85. The van der Waals surface area contributed by atoms with Gasteiger partial charge in [-0.3, -0.25) is 4.98 Å². The van der Waals surface area contributed by atoms with E-state index in [1.165, 1.54) is 24.0 Å². The van der Waals surface area contributed by atoms with Gasteiger partial charge in [-0.1, -0.05) is 23.7 Å². The van der Waals surface area contributed by atoms with Gasteiger partial charge in [-0.25, -0.2) is 0 Å². The summed E-state index contributed by atoms with van der Waals surface area (Å²) in [5.41, 5.74) is 3.60. The summed E-state index contributed by atoms with van der Waals surface area (Å²) < 4.78 is 0. The van der Waals surface area contributed by atoms with Crippen LogP contribution in [0.25, 0.3) is 0 Å². The van der Waals surface area contributed by atoms with Crippen molar-refractivity contribution in [3.05, 3.63) is 58.9 Å². The minimum atomic E-state index is 0.697. The van der Waals surface area contributed by atoms with Gasteiger partial charge in [0.05, 0.1) is 10.7 Å². The zero-order valence-electron chi connectivity index (χ0n) is 12.2. The molecule has 1 aliphatic rings. The molecule has 1 saturated carbocycles. The van der Waals surface area contributed by atoms with E-state index in [0.29, 0.717) is 6.04 Å². The molecule has 1 aliphatic carbocycles. The lowest BCUT2D eigenvalue weighted by molar-refractivity contribution is 0.685. The molecule has 21 heavy (non-hydrogen) atoms. The summed E-state index contributed by atoms with van der Waals surface area (Å²) in [6.07, 6.45) is 6.24. The highest BCUT2D eigenvalue weighted by molar-refractivity contribution is 6.33. The van der Waals surface area contributed by atoms with Crippen molar-refractivity contribution >= 4 is 17.3 Å². The Bertz CT molecular complexity index is 596. The zero-order valence-corrected chi connectivity index (χ0v) is 13.0. The van der Waals surface area contributed by atoms with Crippen molar-refractivity contribution in [1.29, 1.82) is 0 Å². The molecule has 2 aromatic rings. The predicted molar refractivity (Wildman–Crippen MR) is 87.7 cm³/mol. The number of nitrogens with one attached hydrogen (secondary N) is 1. The van der Waals surface area contributed by atoms with Crippen LogP contribution in [-0.4, -0.2) is 18.1 Å². The van der Waals surface area contributed by atoms with E-state index in [0.717, 1.165) is 23.8 Å². The van der Waals surface area contributed by atoms with Gasteiger partial charge in [0.2, 0.25) is 0 Å². The van der Waals surface area contributed by atoms with Crippen molar-refractivity contribution in [3.8, 4) is 0 Å². The van der Waals surface area contributed by atoms with Crippen LogP contribution < -0.4 is 10.2 Å². The van der Waals surface area contributed by atoms with Crippen molar-refractivity contribution in [3.63, 3.8) is 0 Å². The number of hydrogen-bond acceptors (Lipinski definition) is 3. The van der Waals surface area contributed by atoms with E-state index in [1.54, 1.807) is 0 Å². The molecule has 1 aromatic carbocycles. The number of rotatable bonds is 6. The number of para-hydroxylation sites is 1. The number of benzene rings is 1. The van der Waals surface area contributed by atoms with Crippen LogP contribution in [0.2, 0.25) is 5.02 Å². The first-order chi connectivity index (χ1) is 10.2. The molecule has 0 unspecified atom stereocenters. The highest BCUT2D eigenvalue weighted by atomic mass is 35.5. The molecule has 110 valence electrons. The Hall–Kier alpha value is -1.58. The molecule has 1 N–H and O–H groups in total.